The maximum atomic E-state index is 11.8. The van der Waals surface area contributed by atoms with Gasteiger partial charge in [0, 0.05) is 31.9 Å². The van der Waals surface area contributed by atoms with Crippen LogP contribution in [-0.2, 0) is 4.79 Å². The fourth-order valence-corrected chi connectivity index (χ4v) is 2.26. The number of ether oxygens (including phenoxy) is 1. The van der Waals surface area contributed by atoms with Crippen LogP contribution in [0.2, 0.25) is 0 Å². The van der Waals surface area contributed by atoms with Crippen LogP contribution in [0.15, 0.2) is 48.8 Å². The Labute approximate surface area is 154 Å². The van der Waals surface area contributed by atoms with Gasteiger partial charge in [-0.1, -0.05) is 17.7 Å². The maximum absolute atomic E-state index is 11.8. The zero-order chi connectivity index (χ0) is 18.6. The van der Waals surface area contributed by atoms with Crippen molar-refractivity contribution in [3.63, 3.8) is 0 Å². The van der Waals surface area contributed by atoms with Gasteiger partial charge in [-0.05, 0) is 44.0 Å². The number of nitrogens with zero attached hydrogens (tertiary/aromatic N) is 1. The third-order valence-corrected chi connectivity index (χ3v) is 3.72. The van der Waals surface area contributed by atoms with Crippen molar-refractivity contribution in [1.82, 2.24) is 15.6 Å². The van der Waals surface area contributed by atoms with Crippen molar-refractivity contribution in [1.29, 1.82) is 0 Å². The Bertz CT molecular complexity index is 687. The topological polar surface area (TPSA) is 80.3 Å². The van der Waals surface area contributed by atoms with Gasteiger partial charge in [0.1, 0.15) is 5.75 Å². The fourth-order valence-electron chi connectivity index (χ4n) is 2.26. The molecule has 0 atom stereocenters. The van der Waals surface area contributed by atoms with Crippen molar-refractivity contribution in [3.8, 4) is 5.75 Å². The normalized spacial score (nSPS) is 10.2. The van der Waals surface area contributed by atoms with Gasteiger partial charge in [-0.15, -0.1) is 0 Å². The summed E-state index contributed by atoms with van der Waals surface area (Å²) in [7, 11) is 0. The molecule has 0 aliphatic carbocycles. The molecule has 1 aromatic carbocycles. The van der Waals surface area contributed by atoms with E-state index in [1.54, 1.807) is 18.3 Å². The van der Waals surface area contributed by atoms with Gasteiger partial charge in [0.15, 0.2) is 0 Å². The average molecular weight is 355 g/mol. The van der Waals surface area contributed by atoms with Gasteiger partial charge in [0.2, 0.25) is 5.91 Å². The molecular formula is C20H25N3O3. The van der Waals surface area contributed by atoms with Crippen molar-refractivity contribution in [2.75, 3.05) is 19.7 Å². The summed E-state index contributed by atoms with van der Waals surface area (Å²) < 4.78 is 5.59. The predicted molar refractivity (Wildman–Crippen MR) is 100 cm³/mol. The molecule has 0 aliphatic heterocycles. The molecule has 0 bridgehead atoms. The van der Waals surface area contributed by atoms with E-state index in [0.29, 0.717) is 44.5 Å². The average Bonchev–Trinajstić information content (AvgIpc) is 2.67. The second kappa shape index (κ2) is 10.9. The lowest BCUT2D eigenvalue weighted by Gasteiger charge is -2.08. The SMILES string of the molecule is Cc1ccc(OCCCC(=O)NCCCNC(=O)c2cccnc2)cc1. The Kier molecular flexibility index (Phi) is 8.12. The zero-order valence-corrected chi connectivity index (χ0v) is 15.0. The Balaban J connectivity index is 1.48. The predicted octanol–water partition coefficient (Wildman–Crippen LogP) is 2.49. The van der Waals surface area contributed by atoms with Crippen molar-refractivity contribution in [2.45, 2.75) is 26.2 Å². The number of rotatable bonds is 10. The number of hydrogen-bond donors (Lipinski definition) is 2. The van der Waals surface area contributed by atoms with Crippen LogP contribution < -0.4 is 15.4 Å². The second-order valence-electron chi connectivity index (χ2n) is 5.97. The van der Waals surface area contributed by atoms with Crippen LogP contribution in [0.5, 0.6) is 5.75 Å². The summed E-state index contributed by atoms with van der Waals surface area (Å²) in [5.41, 5.74) is 1.72. The van der Waals surface area contributed by atoms with Crippen LogP contribution in [-0.4, -0.2) is 36.5 Å². The van der Waals surface area contributed by atoms with Crippen molar-refractivity contribution in [3.05, 3.63) is 59.9 Å². The summed E-state index contributed by atoms with van der Waals surface area (Å²) >= 11 is 0. The van der Waals surface area contributed by atoms with E-state index in [0.717, 1.165) is 5.75 Å². The van der Waals surface area contributed by atoms with Gasteiger partial charge in [-0.25, -0.2) is 0 Å². The Morgan fingerprint density at radius 1 is 1.04 bits per heavy atom. The van der Waals surface area contributed by atoms with E-state index in [2.05, 4.69) is 15.6 Å². The number of aryl methyl sites for hydroxylation is 1. The van der Waals surface area contributed by atoms with E-state index in [1.165, 1.54) is 11.8 Å². The van der Waals surface area contributed by atoms with Crippen LogP contribution >= 0.6 is 0 Å². The molecule has 2 N–H and O–H groups in total. The number of carbonyl (C=O) groups excluding carboxylic acids is 2. The molecule has 6 nitrogen and oxygen atoms in total. The largest absolute Gasteiger partial charge is 0.494 e. The molecule has 26 heavy (non-hydrogen) atoms. The number of hydrogen-bond acceptors (Lipinski definition) is 4. The van der Waals surface area contributed by atoms with Crippen molar-refractivity contribution in [2.24, 2.45) is 0 Å². The zero-order valence-electron chi connectivity index (χ0n) is 15.0. The Hall–Kier alpha value is -2.89. The van der Waals surface area contributed by atoms with E-state index < -0.39 is 0 Å². The van der Waals surface area contributed by atoms with Gasteiger partial charge in [-0.3, -0.25) is 14.6 Å². The number of carbonyl (C=O) groups is 2. The van der Waals surface area contributed by atoms with E-state index in [4.69, 9.17) is 4.74 Å². The summed E-state index contributed by atoms with van der Waals surface area (Å²) in [5, 5.41) is 5.64. The molecule has 0 unspecified atom stereocenters. The molecule has 0 radical (unpaired) electrons. The first-order chi connectivity index (χ1) is 12.6. The molecule has 0 aliphatic rings. The lowest BCUT2D eigenvalue weighted by Crippen LogP contribution is -2.30. The molecule has 6 heteroatoms. The third-order valence-electron chi connectivity index (χ3n) is 3.72. The van der Waals surface area contributed by atoms with Crippen LogP contribution in [0.3, 0.4) is 0 Å². The molecule has 0 fully saturated rings. The van der Waals surface area contributed by atoms with E-state index in [9.17, 15) is 9.59 Å². The minimum atomic E-state index is -0.155. The number of aromatic nitrogens is 1. The number of pyridine rings is 1. The summed E-state index contributed by atoms with van der Waals surface area (Å²) in [6.45, 7) is 3.57. The summed E-state index contributed by atoms with van der Waals surface area (Å²) in [5.74, 6) is 0.661. The quantitative estimate of drug-likeness (QED) is 0.642. The van der Waals surface area contributed by atoms with E-state index >= 15 is 0 Å². The molecule has 2 rings (SSSR count). The van der Waals surface area contributed by atoms with Gasteiger partial charge in [-0.2, -0.15) is 0 Å². The molecule has 0 saturated carbocycles. The Morgan fingerprint density at radius 2 is 1.81 bits per heavy atom. The summed E-state index contributed by atoms with van der Waals surface area (Å²) in [6, 6.07) is 11.3. The van der Waals surface area contributed by atoms with Gasteiger partial charge >= 0.3 is 0 Å². The molecule has 2 amide bonds. The van der Waals surface area contributed by atoms with Gasteiger partial charge in [0.05, 0.1) is 12.2 Å². The first-order valence-corrected chi connectivity index (χ1v) is 8.79. The lowest BCUT2D eigenvalue weighted by molar-refractivity contribution is -0.121. The fraction of sp³-hybridized carbons (Fsp3) is 0.350. The number of benzene rings is 1. The van der Waals surface area contributed by atoms with Crippen molar-refractivity contribution < 1.29 is 14.3 Å². The summed E-state index contributed by atoms with van der Waals surface area (Å²) in [6.07, 6.45) is 4.91. The van der Waals surface area contributed by atoms with E-state index in [-0.39, 0.29) is 11.8 Å². The first-order valence-electron chi connectivity index (χ1n) is 8.79. The smallest absolute Gasteiger partial charge is 0.252 e. The molecule has 0 saturated heterocycles. The highest BCUT2D eigenvalue weighted by molar-refractivity contribution is 5.93. The minimum Gasteiger partial charge on any atom is -0.494 e. The minimum absolute atomic E-state index is 0.00362. The molecule has 138 valence electrons. The highest BCUT2D eigenvalue weighted by Gasteiger charge is 2.04. The maximum Gasteiger partial charge on any atom is 0.252 e. The molecule has 1 aromatic heterocycles. The second-order valence-corrected chi connectivity index (χ2v) is 5.97. The van der Waals surface area contributed by atoms with Crippen LogP contribution in [0.1, 0.15) is 35.2 Å². The van der Waals surface area contributed by atoms with E-state index in [1.807, 2.05) is 31.2 Å². The highest BCUT2D eigenvalue weighted by Crippen LogP contribution is 2.11. The highest BCUT2D eigenvalue weighted by atomic mass is 16.5. The number of nitrogens with one attached hydrogen (secondary N) is 2. The monoisotopic (exact) mass is 355 g/mol. The summed E-state index contributed by atoms with van der Waals surface area (Å²) in [4.78, 5) is 27.5. The molecule has 2 aromatic rings. The molecular weight excluding hydrogens is 330 g/mol. The van der Waals surface area contributed by atoms with Crippen LogP contribution in [0.4, 0.5) is 0 Å². The molecule has 1 heterocycles. The first kappa shape index (κ1) is 19.4. The van der Waals surface area contributed by atoms with Gasteiger partial charge in [0.25, 0.3) is 5.91 Å². The third kappa shape index (κ3) is 7.34. The standard InChI is InChI=1S/C20H25N3O3/c1-16-7-9-18(10-8-16)26-14-3-6-19(24)22-12-4-13-23-20(25)17-5-2-11-21-15-17/h2,5,7-11,15H,3-4,6,12-14H2,1H3,(H,22,24)(H,23,25). The van der Waals surface area contributed by atoms with Crippen LogP contribution in [0, 0.1) is 6.92 Å². The number of amides is 2. The molecule has 0 spiro atoms. The lowest BCUT2D eigenvalue weighted by atomic mass is 10.2. The Morgan fingerprint density at radius 3 is 2.54 bits per heavy atom. The van der Waals surface area contributed by atoms with Crippen LogP contribution in [0.25, 0.3) is 0 Å². The van der Waals surface area contributed by atoms with Crippen molar-refractivity contribution >= 4 is 11.8 Å². The van der Waals surface area contributed by atoms with Gasteiger partial charge < -0.3 is 15.4 Å².